The fourth-order valence-electron chi connectivity index (χ4n) is 4.55. The number of nitrogens with zero attached hydrogens (tertiary/aromatic N) is 6. The molecule has 1 aliphatic rings. The Morgan fingerprint density at radius 1 is 1.15 bits per heavy atom. The lowest BCUT2D eigenvalue weighted by molar-refractivity contribution is 0.0731. The van der Waals surface area contributed by atoms with Gasteiger partial charge < -0.3 is 9.42 Å². The van der Waals surface area contributed by atoms with Gasteiger partial charge in [0.2, 0.25) is 0 Å². The van der Waals surface area contributed by atoms with Gasteiger partial charge in [-0.15, -0.1) is 10.2 Å². The number of likely N-dealkylation sites (tertiary alicyclic amines) is 1. The zero-order valence-electron chi connectivity index (χ0n) is 17.8. The van der Waals surface area contributed by atoms with E-state index in [4.69, 9.17) is 4.52 Å². The van der Waals surface area contributed by atoms with Gasteiger partial charge >= 0.3 is 0 Å². The average molecular weight is 442 g/mol. The number of aromatic nitrogens is 5. The van der Waals surface area contributed by atoms with Crippen LogP contribution >= 0.6 is 0 Å². The normalized spacial score (nSPS) is 16.2. The van der Waals surface area contributed by atoms with E-state index >= 15 is 0 Å². The molecule has 8 nitrogen and oxygen atoms in total. The quantitative estimate of drug-likeness (QED) is 0.413. The number of hydrogen-bond donors (Lipinski definition) is 0. The van der Waals surface area contributed by atoms with Crippen LogP contribution in [0.15, 0.2) is 59.3 Å². The minimum atomic E-state index is -0.341. The van der Waals surface area contributed by atoms with Crippen molar-refractivity contribution in [3.8, 4) is 11.3 Å². The highest BCUT2D eigenvalue weighted by Crippen LogP contribution is 2.35. The van der Waals surface area contributed by atoms with Gasteiger partial charge in [-0.25, -0.2) is 9.37 Å². The molecule has 0 aliphatic carbocycles. The highest BCUT2D eigenvalue weighted by atomic mass is 19.1. The van der Waals surface area contributed by atoms with E-state index in [1.165, 1.54) is 12.1 Å². The summed E-state index contributed by atoms with van der Waals surface area (Å²) in [6.45, 7) is 2.39. The maximum Gasteiger partial charge on any atom is 0.259 e. The zero-order valence-corrected chi connectivity index (χ0v) is 17.8. The highest BCUT2D eigenvalue weighted by Gasteiger charge is 2.35. The molecule has 0 spiro atoms. The first-order valence-corrected chi connectivity index (χ1v) is 10.7. The van der Waals surface area contributed by atoms with Gasteiger partial charge in [0.25, 0.3) is 11.6 Å². The number of halogens is 1. The number of aryl methyl sites for hydroxylation is 1. The lowest BCUT2D eigenvalue weighted by Gasteiger charge is -2.24. The Bertz CT molecular complexity index is 1510. The fourth-order valence-corrected chi connectivity index (χ4v) is 4.55. The Kier molecular flexibility index (Phi) is 4.42. The van der Waals surface area contributed by atoms with Crippen LogP contribution < -0.4 is 0 Å². The highest BCUT2D eigenvalue weighted by molar-refractivity contribution is 6.07. The second-order valence-electron chi connectivity index (χ2n) is 8.15. The van der Waals surface area contributed by atoms with Crippen molar-refractivity contribution in [1.29, 1.82) is 0 Å². The SMILES string of the molecule is Cc1noc2nc(-c3ccc(F)cc3)cc(C(=O)N3CCCC3c3nnc4ccccn34)c12. The molecule has 9 heteroatoms. The van der Waals surface area contributed by atoms with Crippen LogP contribution in [0.3, 0.4) is 0 Å². The number of rotatable bonds is 3. The first kappa shape index (κ1) is 19.5. The van der Waals surface area contributed by atoms with Crippen molar-refractivity contribution in [2.45, 2.75) is 25.8 Å². The monoisotopic (exact) mass is 442 g/mol. The second kappa shape index (κ2) is 7.47. The average Bonchev–Trinajstić information content (AvgIpc) is 3.57. The van der Waals surface area contributed by atoms with E-state index in [1.807, 2.05) is 33.7 Å². The summed E-state index contributed by atoms with van der Waals surface area (Å²) in [5.74, 6) is 0.252. The fraction of sp³-hybridized carbons (Fsp3) is 0.208. The Morgan fingerprint density at radius 2 is 2.00 bits per heavy atom. The van der Waals surface area contributed by atoms with Crippen molar-refractivity contribution < 1.29 is 13.7 Å². The Hall–Kier alpha value is -4.14. The third kappa shape index (κ3) is 3.15. The maximum absolute atomic E-state index is 13.9. The molecule has 6 rings (SSSR count). The third-order valence-electron chi connectivity index (χ3n) is 6.14. The molecule has 0 saturated carbocycles. The van der Waals surface area contributed by atoms with Gasteiger partial charge in [0.15, 0.2) is 11.5 Å². The molecule has 0 radical (unpaired) electrons. The van der Waals surface area contributed by atoms with Crippen molar-refractivity contribution in [3.63, 3.8) is 0 Å². The Labute approximate surface area is 187 Å². The first-order valence-electron chi connectivity index (χ1n) is 10.7. The van der Waals surface area contributed by atoms with E-state index in [0.29, 0.717) is 34.4 Å². The van der Waals surface area contributed by atoms with Gasteiger partial charge in [-0.2, -0.15) is 0 Å². The van der Waals surface area contributed by atoms with Gasteiger partial charge in [0, 0.05) is 18.3 Å². The minimum absolute atomic E-state index is 0.146. The summed E-state index contributed by atoms with van der Waals surface area (Å²) in [7, 11) is 0. The number of hydrogen-bond acceptors (Lipinski definition) is 6. The number of carbonyl (C=O) groups is 1. The molecule has 164 valence electrons. The van der Waals surface area contributed by atoms with E-state index in [9.17, 15) is 9.18 Å². The first-order chi connectivity index (χ1) is 16.1. The third-order valence-corrected chi connectivity index (χ3v) is 6.14. The minimum Gasteiger partial charge on any atom is -0.335 e. The van der Waals surface area contributed by atoms with Crippen molar-refractivity contribution >= 4 is 22.7 Å². The molecular formula is C24H19FN6O2. The van der Waals surface area contributed by atoms with E-state index in [-0.39, 0.29) is 23.5 Å². The Balaban J connectivity index is 1.46. The topological polar surface area (TPSA) is 89.4 Å². The molecule has 1 aromatic carbocycles. The summed E-state index contributed by atoms with van der Waals surface area (Å²) < 4.78 is 20.8. The molecule has 5 heterocycles. The van der Waals surface area contributed by atoms with Crippen LogP contribution in [0.4, 0.5) is 4.39 Å². The van der Waals surface area contributed by atoms with Gasteiger partial charge in [-0.05, 0) is 62.2 Å². The molecule has 1 aliphatic heterocycles. The number of fused-ring (bicyclic) bond motifs is 2. The van der Waals surface area contributed by atoms with Gasteiger partial charge in [-0.1, -0.05) is 11.2 Å². The smallest absolute Gasteiger partial charge is 0.259 e. The number of benzene rings is 1. The molecule has 5 aromatic rings. The number of amides is 1. The predicted octanol–water partition coefficient (Wildman–Crippen LogP) is 4.36. The molecule has 4 aromatic heterocycles. The zero-order chi connectivity index (χ0) is 22.5. The standard InChI is InChI=1S/C24H19FN6O2/c1-14-21-17(13-18(26-23(21)33-29-14)15-7-9-16(25)10-8-15)24(32)30-12-4-5-19(30)22-28-27-20-6-2-3-11-31(20)22/h2-3,6-11,13,19H,4-5,12H2,1H3. The van der Waals surface area contributed by atoms with E-state index < -0.39 is 0 Å². The lowest BCUT2D eigenvalue weighted by Crippen LogP contribution is -2.31. The summed E-state index contributed by atoms with van der Waals surface area (Å²) in [6.07, 6.45) is 3.57. The molecule has 1 atom stereocenters. The van der Waals surface area contributed by atoms with Crippen LogP contribution in [-0.4, -0.2) is 42.1 Å². The van der Waals surface area contributed by atoms with Crippen LogP contribution in [0.5, 0.6) is 0 Å². The molecule has 1 fully saturated rings. The van der Waals surface area contributed by atoms with Crippen LogP contribution in [-0.2, 0) is 0 Å². The van der Waals surface area contributed by atoms with Crippen LogP contribution in [0.1, 0.15) is 40.8 Å². The second-order valence-corrected chi connectivity index (χ2v) is 8.15. The summed E-state index contributed by atoms with van der Waals surface area (Å²) >= 11 is 0. The molecule has 1 saturated heterocycles. The van der Waals surface area contributed by atoms with Crippen LogP contribution in [0, 0.1) is 12.7 Å². The maximum atomic E-state index is 13.9. The molecule has 33 heavy (non-hydrogen) atoms. The van der Waals surface area contributed by atoms with Crippen molar-refractivity contribution in [1.82, 2.24) is 29.6 Å². The molecule has 1 amide bonds. The van der Waals surface area contributed by atoms with Gasteiger partial charge in [0.1, 0.15) is 5.82 Å². The van der Waals surface area contributed by atoms with Crippen molar-refractivity contribution in [3.05, 3.63) is 77.6 Å². The van der Waals surface area contributed by atoms with Gasteiger partial charge in [0.05, 0.1) is 28.4 Å². The van der Waals surface area contributed by atoms with Crippen LogP contribution in [0.25, 0.3) is 28.0 Å². The predicted molar refractivity (Wildman–Crippen MR) is 118 cm³/mol. The molecular weight excluding hydrogens is 423 g/mol. The van der Waals surface area contributed by atoms with Crippen molar-refractivity contribution in [2.75, 3.05) is 6.54 Å². The van der Waals surface area contributed by atoms with E-state index in [1.54, 1.807) is 25.1 Å². The van der Waals surface area contributed by atoms with Crippen molar-refractivity contribution in [2.24, 2.45) is 0 Å². The van der Waals surface area contributed by atoms with E-state index in [2.05, 4.69) is 20.3 Å². The number of carbonyl (C=O) groups excluding carboxylic acids is 1. The molecule has 0 bridgehead atoms. The van der Waals surface area contributed by atoms with Gasteiger partial charge in [-0.3, -0.25) is 9.20 Å². The molecule has 1 unspecified atom stereocenters. The van der Waals surface area contributed by atoms with Crippen LogP contribution in [0.2, 0.25) is 0 Å². The summed E-state index contributed by atoms with van der Waals surface area (Å²) in [5.41, 5.74) is 3.27. The summed E-state index contributed by atoms with van der Waals surface area (Å²) in [5, 5.41) is 13.3. The number of pyridine rings is 2. The Morgan fingerprint density at radius 3 is 2.85 bits per heavy atom. The molecule has 0 N–H and O–H groups in total. The largest absolute Gasteiger partial charge is 0.335 e. The summed E-state index contributed by atoms with van der Waals surface area (Å²) in [4.78, 5) is 20.3. The summed E-state index contributed by atoms with van der Waals surface area (Å²) in [6, 6.07) is 13.2. The lowest BCUT2D eigenvalue weighted by atomic mass is 10.0. The van der Waals surface area contributed by atoms with E-state index in [0.717, 1.165) is 24.3 Å².